The third-order valence-electron chi connectivity index (χ3n) is 5.67. The molecule has 6 heteroatoms. The van der Waals surface area contributed by atoms with E-state index in [1.54, 1.807) is 24.0 Å². The van der Waals surface area contributed by atoms with Crippen molar-refractivity contribution < 1.29 is 14.0 Å². The van der Waals surface area contributed by atoms with Gasteiger partial charge in [0.05, 0.1) is 6.04 Å². The molecule has 1 aliphatic carbocycles. The minimum Gasteiger partial charge on any atom is -0.343 e. The predicted octanol–water partition coefficient (Wildman–Crippen LogP) is 3.37. The Labute approximate surface area is 154 Å². The number of urea groups is 1. The van der Waals surface area contributed by atoms with E-state index in [0.29, 0.717) is 18.7 Å². The Kier molecular flexibility index (Phi) is 6.12. The van der Waals surface area contributed by atoms with Crippen LogP contribution in [0.4, 0.5) is 9.18 Å². The van der Waals surface area contributed by atoms with E-state index in [9.17, 15) is 14.0 Å². The molecule has 0 spiro atoms. The van der Waals surface area contributed by atoms with E-state index >= 15 is 0 Å². The third-order valence-corrected chi connectivity index (χ3v) is 5.67. The molecule has 1 unspecified atom stereocenters. The molecular formula is C20H28FN3O2. The van der Waals surface area contributed by atoms with Crippen LogP contribution in [0.15, 0.2) is 24.3 Å². The molecule has 3 rings (SSSR count). The number of likely N-dealkylation sites (tertiary alicyclic amines) is 1. The van der Waals surface area contributed by atoms with E-state index in [1.807, 2.05) is 6.07 Å². The van der Waals surface area contributed by atoms with Gasteiger partial charge in [-0.05, 0) is 37.7 Å². The highest BCUT2D eigenvalue weighted by Crippen LogP contribution is 2.36. The van der Waals surface area contributed by atoms with Gasteiger partial charge in [0.25, 0.3) is 0 Å². The number of hydrogen-bond acceptors (Lipinski definition) is 2. The van der Waals surface area contributed by atoms with Gasteiger partial charge in [-0.25, -0.2) is 9.18 Å². The number of amides is 3. The lowest BCUT2D eigenvalue weighted by Crippen LogP contribution is -2.50. The fraction of sp³-hybridized carbons (Fsp3) is 0.600. The van der Waals surface area contributed by atoms with Crippen molar-refractivity contribution in [1.82, 2.24) is 15.5 Å². The van der Waals surface area contributed by atoms with Crippen LogP contribution in [0.3, 0.4) is 0 Å². The van der Waals surface area contributed by atoms with E-state index < -0.39 is 0 Å². The normalized spacial score (nSPS) is 20.0. The third kappa shape index (κ3) is 4.54. The summed E-state index contributed by atoms with van der Waals surface area (Å²) in [5.41, 5.74) is 0.570. The molecule has 1 atom stereocenters. The molecule has 1 aromatic carbocycles. The van der Waals surface area contributed by atoms with Crippen molar-refractivity contribution in [3.63, 3.8) is 0 Å². The van der Waals surface area contributed by atoms with Gasteiger partial charge in [0.1, 0.15) is 5.82 Å². The number of carbonyl (C=O) groups excluding carboxylic acids is 2. The molecule has 1 aromatic rings. The van der Waals surface area contributed by atoms with Crippen molar-refractivity contribution in [3.05, 3.63) is 35.6 Å². The number of nitrogens with one attached hydrogen (secondary N) is 2. The zero-order chi connectivity index (χ0) is 18.5. The monoisotopic (exact) mass is 361 g/mol. The summed E-state index contributed by atoms with van der Waals surface area (Å²) in [6.45, 7) is 2.90. The maximum Gasteiger partial charge on any atom is 0.315 e. The number of benzene rings is 1. The van der Waals surface area contributed by atoms with Gasteiger partial charge in [-0.15, -0.1) is 0 Å². The molecule has 1 saturated heterocycles. The predicted molar refractivity (Wildman–Crippen MR) is 98.0 cm³/mol. The largest absolute Gasteiger partial charge is 0.343 e. The number of nitrogens with zero attached hydrogens (tertiary/aromatic N) is 1. The average molecular weight is 361 g/mol. The van der Waals surface area contributed by atoms with Crippen LogP contribution in [0.1, 0.15) is 57.1 Å². The summed E-state index contributed by atoms with van der Waals surface area (Å²) in [5, 5.41) is 6.04. The SMILES string of the molecule is CC(=O)N1CCC(NC(=O)NC(c2ccccc2F)C2CCCC2)CC1. The van der Waals surface area contributed by atoms with Crippen molar-refractivity contribution in [2.45, 2.75) is 57.5 Å². The summed E-state index contributed by atoms with van der Waals surface area (Å²) in [4.78, 5) is 25.8. The first kappa shape index (κ1) is 18.7. The van der Waals surface area contributed by atoms with Gasteiger partial charge in [-0.3, -0.25) is 4.79 Å². The fourth-order valence-electron chi connectivity index (χ4n) is 4.17. The minimum atomic E-state index is -0.295. The van der Waals surface area contributed by atoms with E-state index in [-0.39, 0.29) is 35.8 Å². The molecular weight excluding hydrogens is 333 g/mol. The van der Waals surface area contributed by atoms with Gasteiger partial charge < -0.3 is 15.5 Å². The second-order valence-electron chi connectivity index (χ2n) is 7.44. The Hall–Kier alpha value is -2.11. The van der Waals surface area contributed by atoms with Crippen LogP contribution < -0.4 is 10.6 Å². The number of piperidine rings is 1. The van der Waals surface area contributed by atoms with Gasteiger partial charge in [-0.1, -0.05) is 31.0 Å². The van der Waals surface area contributed by atoms with Crippen molar-refractivity contribution >= 4 is 11.9 Å². The van der Waals surface area contributed by atoms with Crippen LogP contribution in [0.5, 0.6) is 0 Å². The first-order chi connectivity index (χ1) is 12.5. The Balaban J connectivity index is 1.61. The van der Waals surface area contributed by atoms with Crippen LogP contribution in [-0.2, 0) is 4.79 Å². The summed E-state index contributed by atoms with van der Waals surface area (Å²) < 4.78 is 14.3. The molecule has 0 radical (unpaired) electrons. The molecule has 3 amide bonds. The quantitative estimate of drug-likeness (QED) is 0.864. The van der Waals surface area contributed by atoms with Crippen LogP contribution in [0.25, 0.3) is 0 Å². The molecule has 5 nitrogen and oxygen atoms in total. The smallest absolute Gasteiger partial charge is 0.315 e. The molecule has 0 aromatic heterocycles. The summed E-state index contributed by atoms with van der Waals surface area (Å²) in [5.74, 6) is 0.0884. The number of rotatable bonds is 4. The summed E-state index contributed by atoms with van der Waals surface area (Å²) in [6.07, 6.45) is 5.78. The summed E-state index contributed by atoms with van der Waals surface area (Å²) >= 11 is 0. The zero-order valence-corrected chi connectivity index (χ0v) is 15.3. The van der Waals surface area contributed by atoms with Crippen LogP contribution >= 0.6 is 0 Å². The van der Waals surface area contributed by atoms with E-state index in [2.05, 4.69) is 10.6 Å². The van der Waals surface area contributed by atoms with Crippen LogP contribution in [0.2, 0.25) is 0 Å². The second-order valence-corrected chi connectivity index (χ2v) is 7.44. The molecule has 142 valence electrons. The standard InChI is InChI=1S/C20H28FN3O2/c1-14(25)24-12-10-16(11-13-24)22-20(26)23-19(15-6-2-3-7-15)17-8-4-5-9-18(17)21/h4-5,8-9,15-16,19H,2-3,6-7,10-13H2,1H3,(H2,22,23,26). The molecule has 26 heavy (non-hydrogen) atoms. The maximum absolute atomic E-state index is 14.3. The Morgan fingerprint density at radius 2 is 1.77 bits per heavy atom. The van der Waals surface area contributed by atoms with E-state index in [1.165, 1.54) is 6.07 Å². The zero-order valence-electron chi connectivity index (χ0n) is 15.3. The molecule has 0 bridgehead atoms. The summed E-state index contributed by atoms with van der Waals surface area (Å²) in [7, 11) is 0. The molecule has 2 N–H and O–H groups in total. The minimum absolute atomic E-state index is 0.0513. The van der Waals surface area contributed by atoms with Crippen molar-refractivity contribution in [1.29, 1.82) is 0 Å². The number of halogens is 1. The van der Waals surface area contributed by atoms with Crippen molar-refractivity contribution in [3.8, 4) is 0 Å². The van der Waals surface area contributed by atoms with Crippen LogP contribution in [0, 0.1) is 11.7 Å². The molecule has 1 saturated carbocycles. The highest BCUT2D eigenvalue weighted by atomic mass is 19.1. The lowest BCUT2D eigenvalue weighted by molar-refractivity contribution is -0.129. The van der Waals surface area contributed by atoms with Crippen LogP contribution in [-0.4, -0.2) is 36.0 Å². The lowest BCUT2D eigenvalue weighted by atomic mass is 9.91. The van der Waals surface area contributed by atoms with E-state index in [4.69, 9.17) is 0 Å². The molecule has 1 aliphatic heterocycles. The van der Waals surface area contributed by atoms with Crippen molar-refractivity contribution in [2.24, 2.45) is 5.92 Å². The van der Waals surface area contributed by atoms with Gasteiger partial charge in [0.15, 0.2) is 0 Å². The first-order valence-electron chi connectivity index (χ1n) is 9.61. The molecule has 2 fully saturated rings. The molecule has 2 aliphatic rings. The highest BCUT2D eigenvalue weighted by molar-refractivity contribution is 5.75. The van der Waals surface area contributed by atoms with Gasteiger partial charge >= 0.3 is 6.03 Å². The fourth-order valence-corrected chi connectivity index (χ4v) is 4.17. The van der Waals surface area contributed by atoms with Gasteiger partial charge in [-0.2, -0.15) is 0 Å². The Morgan fingerprint density at radius 1 is 1.12 bits per heavy atom. The summed E-state index contributed by atoms with van der Waals surface area (Å²) in [6, 6.07) is 6.22. The Bertz CT molecular complexity index is 638. The lowest BCUT2D eigenvalue weighted by Gasteiger charge is -2.32. The topological polar surface area (TPSA) is 61.4 Å². The molecule has 1 heterocycles. The van der Waals surface area contributed by atoms with Gasteiger partial charge in [0.2, 0.25) is 5.91 Å². The second kappa shape index (κ2) is 8.52. The number of hydrogen-bond donors (Lipinski definition) is 2. The van der Waals surface area contributed by atoms with Gasteiger partial charge in [0, 0.05) is 31.6 Å². The maximum atomic E-state index is 14.3. The van der Waals surface area contributed by atoms with Crippen molar-refractivity contribution in [2.75, 3.05) is 13.1 Å². The Morgan fingerprint density at radius 3 is 2.38 bits per heavy atom. The first-order valence-corrected chi connectivity index (χ1v) is 9.61. The average Bonchev–Trinajstić information content (AvgIpc) is 3.15. The van der Waals surface area contributed by atoms with E-state index in [0.717, 1.165) is 38.5 Å². The highest BCUT2D eigenvalue weighted by Gasteiger charge is 2.30. The number of carbonyl (C=O) groups is 2.